The Hall–Kier alpha value is -3.25. The number of pyridine rings is 1. The highest BCUT2D eigenvalue weighted by Gasteiger charge is 2.26. The summed E-state index contributed by atoms with van der Waals surface area (Å²) >= 11 is 1.36. The molecule has 0 N–H and O–H groups in total. The molecule has 30 heavy (non-hydrogen) atoms. The van der Waals surface area contributed by atoms with Crippen molar-refractivity contribution in [3.05, 3.63) is 40.2 Å². The number of hydrogen-bond donors (Lipinski definition) is 0. The van der Waals surface area contributed by atoms with Crippen LogP contribution < -0.4 is 9.80 Å². The zero-order valence-electron chi connectivity index (χ0n) is 17.2. The van der Waals surface area contributed by atoms with Crippen LogP contribution in [0.4, 0.5) is 11.6 Å². The van der Waals surface area contributed by atoms with E-state index in [0.717, 1.165) is 53.6 Å². The number of thiophene rings is 1. The zero-order chi connectivity index (χ0) is 21.3. The second kappa shape index (κ2) is 8.24. The lowest BCUT2D eigenvalue weighted by Gasteiger charge is -2.36. The van der Waals surface area contributed by atoms with Crippen LogP contribution in [0, 0.1) is 25.2 Å². The first-order valence-electron chi connectivity index (χ1n) is 9.83. The number of nitriles is 1. The lowest BCUT2D eigenvalue weighted by molar-refractivity contribution is 0.0531. The van der Waals surface area contributed by atoms with Gasteiger partial charge >= 0.3 is 5.97 Å². The topological polar surface area (TPSA) is 95.2 Å². The average molecular weight is 423 g/mol. The summed E-state index contributed by atoms with van der Waals surface area (Å²) in [5.41, 5.74) is 1.45. The van der Waals surface area contributed by atoms with Crippen molar-refractivity contribution in [1.82, 2.24) is 15.0 Å². The number of nitrogens with zero attached hydrogens (tertiary/aromatic N) is 6. The number of carbonyl (C=O) groups excluding carboxylic acids is 1. The number of rotatable bonds is 4. The normalized spacial score (nSPS) is 14.1. The number of piperazine rings is 1. The summed E-state index contributed by atoms with van der Waals surface area (Å²) in [7, 11) is 0. The Balaban J connectivity index is 1.64. The number of aryl methyl sites for hydroxylation is 2. The van der Waals surface area contributed by atoms with E-state index in [1.165, 1.54) is 11.3 Å². The minimum Gasteiger partial charge on any atom is -0.462 e. The van der Waals surface area contributed by atoms with Crippen molar-refractivity contribution in [3.63, 3.8) is 0 Å². The standard InChI is InChI=1S/C21H22N6O2S/c1-4-29-21(28)17-13(2)16-19(24-14(3)25-20(16)30-17)27-10-8-26(9-11-27)18-15(12-22)6-5-7-23-18/h5-7H,4,8-11H2,1-3H3. The third kappa shape index (κ3) is 3.55. The van der Waals surface area contributed by atoms with E-state index in [-0.39, 0.29) is 5.97 Å². The molecule has 0 bridgehead atoms. The van der Waals surface area contributed by atoms with Gasteiger partial charge in [0.25, 0.3) is 0 Å². The van der Waals surface area contributed by atoms with Crippen LogP contribution in [0.3, 0.4) is 0 Å². The SMILES string of the molecule is CCOC(=O)c1sc2nc(C)nc(N3CCN(c4ncccc4C#N)CC3)c2c1C. The molecule has 4 heterocycles. The van der Waals surface area contributed by atoms with Crippen molar-refractivity contribution in [1.29, 1.82) is 5.26 Å². The third-order valence-electron chi connectivity index (χ3n) is 5.13. The molecule has 0 atom stereocenters. The first-order valence-corrected chi connectivity index (χ1v) is 10.6. The van der Waals surface area contributed by atoms with Crippen LogP contribution in [0.15, 0.2) is 18.3 Å². The van der Waals surface area contributed by atoms with Gasteiger partial charge in [0.05, 0.1) is 17.6 Å². The van der Waals surface area contributed by atoms with Crippen LogP contribution in [0.5, 0.6) is 0 Å². The van der Waals surface area contributed by atoms with Crippen molar-refractivity contribution in [2.45, 2.75) is 20.8 Å². The summed E-state index contributed by atoms with van der Waals surface area (Å²) in [6.45, 7) is 8.85. The maximum absolute atomic E-state index is 12.4. The van der Waals surface area contributed by atoms with E-state index in [4.69, 9.17) is 9.72 Å². The van der Waals surface area contributed by atoms with Crippen molar-refractivity contribution < 1.29 is 9.53 Å². The van der Waals surface area contributed by atoms with Gasteiger partial charge in [0, 0.05) is 32.4 Å². The summed E-state index contributed by atoms with van der Waals surface area (Å²) in [5, 5.41) is 10.3. The van der Waals surface area contributed by atoms with Gasteiger partial charge in [-0.25, -0.2) is 19.7 Å². The van der Waals surface area contributed by atoms with E-state index in [9.17, 15) is 10.1 Å². The van der Waals surface area contributed by atoms with Gasteiger partial charge in [0.15, 0.2) is 0 Å². The van der Waals surface area contributed by atoms with Gasteiger partial charge in [-0.2, -0.15) is 5.26 Å². The quantitative estimate of drug-likeness (QED) is 0.592. The van der Waals surface area contributed by atoms with Gasteiger partial charge in [0.2, 0.25) is 0 Å². The van der Waals surface area contributed by atoms with Gasteiger partial charge in [-0.15, -0.1) is 11.3 Å². The number of carbonyl (C=O) groups is 1. The fourth-order valence-electron chi connectivity index (χ4n) is 3.71. The van der Waals surface area contributed by atoms with E-state index in [0.29, 0.717) is 22.9 Å². The highest BCUT2D eigenvalue weighted by molar-refractivity contribution is 7.20. The molecule has 1 aliphatic heterocycles. The van der Waals surface area contributed by atoms with Gasteiger partial charge in [-0.1, -0.05) is 0 Å². The summed E-state index contributed by atoms with van der Waals surface area (Å²) < 4.78 is 5.21. The van der Waals surface area contributed by atoms with E-state index >= 15 is 0 Å². The first-order chi connectivity index (χ1) is 14.5. The minimum atomic E-state index is -0.314. The zero-order valence-corrected chi connectivity index (χ0v) is 18.0. The molecule has 0 spiro atoms. The third-order valence-corrected chi connectivity index (χ3v) is 6.30. The largest absolute Gasteiger partial charge is 0.462 e. The Morgan fingerprint density at radius 1 is 1.20 bits per heavy atom. The van der Waals surface area contributed by atoms with Crippen LogP contribution in [0.1, 0.15) is 33.5 Å². The second-order valence-electron chi connectivity index (χ2n) is 7.01. The molecular weight excluding hydrogens is 400 g/mol. The Bertz CT molecular complexity index is 1140. The molecule has 1 saturated heterocycles. The summed E-state index contributed by atoms with van der Waals surface area (Å²) in [6, 6.07) is 5.78. The first kappa shape index (κ1) is 20.0. The van der Waals surface area contributed by atoms with Crippen molar-refractivity contribution in [3.8, 4) is 6.07 Å². The Morgan fingerprint density at radius 3 is 2.57 bits per heavy atom. The number of esters is 1. The summed E-state index contributed by atoms with van der Waals surface area (Å²) in [4.78, 5) is 31.8. The molecule has 0 aliphatic carbocycles. The van der Waals surface area contributed by atoms with Crippen LogP contribution >= 0.6 is 11.3 Å². The fourth-order valence-corrected chi connectivity index (χ4v) is 4.82. The lowest BCUT2D eigenvalue weighted by atomic mass is 10.1. The van der Waals surface area contributed by atoms with E-state index < -0.39 is 0 Å². The van der Waals surface area contributed by atoms with Gasteiger partial charge in [-0.3, -0.25) is 0 Å². The molecule has 0 saturated carbocycles. The molecule has 8 nitrogen and oxygen atoms in total. The minimum absolute atomic E-state index is 0.314. The highest BCUT2D eigenvalue weighted by Crippen LogP contribution is 2.36. The highest BCUT2D eigenvalue weighted by atomic mass is 32.1. The van der Waals surface area contributed by atoms with E-state index in [1.807, 2.05) is 13.8 Å². The van der Waals surface area contributed by atoms with Crippen LogP contribution in [0.25, 0.3) is 10.2 Å². The van der Waals surface area contributed by atoms with E-state index in [1.54, 1.807) is 25.3 Å². The van der Waals surface area contributed by atoms with Gasteiger partial charge < -0.3 is 14.5 Å². The average Bonchev–Trinajstić information content (AvgIpc) is 3.09. The van der Waals surface area contributed by atoms with Crippen LogP contribution in [-0.4, -0.2) is 53.7 Å². The molecule has 154 valence electrons. The van der Waals surface area contributed by atoms with Crippen molar-refractivity contribution in [2.24, 2.45) is 0 Å². The van der Waals surface area contributed by atoms with E-state index in [2.05, 4.69) is 25.8 Å². The molecule has 3 aromatic rings. The Labute approximate surface area is 178 Å². The molecule has 1 aliphatic rings. The molecule has 9 heteroatoms. The number of hydrogen-bond acceptors (Lipinski definition) is 9. The number of aromatic nitrogens is 3. The number of ether oxygens (including phenoxy) is 1. The molecular formula is C21H22N6O2S. The maximum Gasteiger partial charge on any atom is 0.348 e. The molecule has 3 aromatic heterocycles. The van der Waals surface area contributed by atoms with Crippen LogP contribution in [-0.2, 0) is 4.74 Å². The molecule has 4 rings (SSSR count). The molecule has 0 aromatic carbocycles. The molecule has 1 fully saturated rings. The summed E-state index contributed by atoms with van der Waals surface area (Å²) in [6.07, 6.45) is 1.71. The number of anilines is 2. The summed E-state index contributed by atoms with van der Waals surface area (Å²) in [5.74, 6) is 1.93. The maximum atomic E-state index is 12.4. The fraction of sp³-hybridized carbons (Fsp3) is 0.381. The van der Waals surface area contributed by atoms with Gasteiger partial charge in [0.1, 0.15) is 33.2 Å². The second-order valence-corrected chi connectivity index (χ2v) is 8.01. The lowest BCUT2D eigenvalue weighted by Crippen LogP contribution is -2.47. The predicted octanol–water partition coefficient (Wildman–Crippen LogP) is 3.08. The molecule has 0 radical (unpaired) electrons. The Kier molecular flexibility index (Phi) is 5.50. The monoisotopic (exact) mass is 422 g/mol. The smallest absolute Gasteiger partial charge is 0.348 e. The number of fused-ring (bicyclic) bond motifs is 1. The van der Waals surface area contributed by atoms with Crippen LogP contribution in [0.2, 0.25) is 0 Å². The Morgan fingerprint density at radius 2 is 1.90 bits per heavy atom. The van der Waals surface area contributed by atoms with Crippen molar-refractivity contribution >= 4 is 39.2 Å². The van der Waals surface area contributed by atoms with Crippen molar-refractivity contribution in [2.75, 3.05) is 42.6 Å². The molecule has 0 unspecified atom stereocenters. The van der Waals surface area contributed by atoms with Gasteiger partial charge in [-0.05, 0) is 38.5 Å². The molecule has 0 amide bonds. The predicted molar refractivity (Wildman–Crippen MR) is 116 cm³/mol.